The summed E-state index contributed by atoms with van der Waals surface area (Å²) in [6, 6.07) is 0.0470. The van der Waals surface area contributed by atoms with Crippen LogP contribution in [0.15, 0.2) is 4.52 Å². The molecule has 0 aromatic carbocycles. The summed E-state index contributed by atoms with van der Waals surface area (Å²) in [5, 5.41) is 3.74. The van der Waals surface area contributed by atoms with Crippen molar-refractivity contribution in [3.05, 3.63) is 5.82 Å². The van der Waals surface area contributed by atoms with E-state index < -0.39 is 0 Å². The maximum Gasteiger partial charge on any atom is 0.318 e. The molecule has 1 atom stereocenters. The summed E-state index contributed by atoms with van der Waals surface area (Å²) < 4.78 is 4.72. The van der Waals surface area contributed by atoms with E-state index in [0.717, 1.165) is 0 Å². The third kappa shape index (κ3) is 3.54. The Kier molecular flexibility index (Phi) is 3.91. The predicted octanol–water partition coefficient (Wildman–Crippen LogP) is 2.08. The van der Waals surface area contributed by atoms with Gasteiger partial charge in [0.2, 0.25) is 0 Å². The molecule has 5 nitrogen and oxygen atoms in total. The van der Waals surface area contributed by atoms with Crippen LogP contribution in [-0.4, -0.2) is 15.9 Å². The molecule has 1 heterocycles. The van der Waals surface area contributed by atoms with Crippen LogP contribution in [-0.2, 0) is 11.2 Å². The van der Waals surface area contributed by atoms with E-state index in [1.54, 1.807) is 0 Å². The molecule has 0 aliphatic heterocycles. The monoisotopic (exact) mass is 239 g/mol. The second-order valence-electron chi connectivity index (χ2n) is 5.72. The van der Waals surface area contributed by atoms with Crippen molar-refractivity contribution in [3.63, 3.8) is 0 Å². The van der Waals surface area contributed by atoms with Crippen LogP contribution in [0.2, 0.25) is 0 Å². The summed E-state index contributed by atoms with van der Waals surface area (Å²) in [5.41, 5.74) is 5.01. The molecule has 1 aromatic rings. The number of carbonyl (C=O) groups is 1. The van der Waals surface area contributed by atoms with Crippen molar-refractivity contribution in [1.29, 1.82) is 0 Å². The average Bonchev–Trinajstić information content (AvgIpc) is 2.57. The average molecular weight is 239 g/mol. The number of nitrogens with two attached hydrogens (primary N) is 1. The first-order chi connectivity index (χ1) is 7.71. The fourth-order valence-electron chi connectivity index (χ4n) is 1.73. The number of hydrogen-bond acceptors (Lipinski definition) is 5. The van der Waals surface area contributed by atoms with Crippen molar-refractivity contribution < 1.29 is 9.32 Å². The number of anilines is 1. The van der Waals surface area contributed by atoms with E-state index in [1.165, 1.54) is 0 Å². The molecule has 0 aliphatic rings. The lowest BCUT2D eigenvalue weighted by molar-refractivity contribution is -0.131. The molecule has 0 unspecified atom stereocenters. The normalized spacial score (nSPS) is 14.0. The van der Waals surface area contributed by atoms with E-state index in [2.05, 4.69) is 10.1 Å². The molecule has 0 aliphatic carbocycles. The summed E-state index contributed by atoms with van der Waals surface area (Å²) in [6.45, 7) is 9.83. The first-order valence-electron chi connectivity index (χ1n) is 5.84. The molecule has 17 heavy (non-hydrogen) atoms. The fraction of sp³-hybridized carbons (Fsp3) is 0.750. The SMILES string of the molecule is CC(C)[C@H](Cc1noc(N)n1)C(=O)C(C)(C)C. The molecular formula is C12H21N3O2. The van der Waals surface area contributed by atoms with Gasteiger partial charge < -0.3 is 10.3 Å². The molecule has 0 saturated heterocycles. The molecular weight excluding hydrogens is 218 g/mol. The number of aromatic nitrogens is 2. The van der Waals surface area contributed by atoms with Gasteiger partial charge in [-0.1, -0.05) is 39.8 Å². The predicted molar refractivity (Wildman–Crippen MR) is 65.2 cm³/mol. The minimum Gasteiger partial charge on any atom is -0.351 e. The highest BCUT2D eigenvalue weighted by atomic mass is 16.5. The Balaban J connectivity index is 2.84. The van der Waals surface area contributed by atoms with E-state index >= 15 is 0 Å². The molecule has 0 saturated carbocycles. The number of ketones is 1. The van der Waals surface area contributed by atoms with E-state index in [0.29, 0.717) is 12.2 Å². The van der Waals surface area contributed by atoms with Gasteiger partial charge in [-0.2, -0.15) is 4.98 Å². The van der Waals surface area contributed by atoms with Gasteiger partial charge in [-0.25, -0.2) is 0 Å². The van der Waals surface area contributed by atoms with Crippen LogP contribution in [0.4, 0.5) is 6.01 Å². The Labute approximate surface area is 102 Å². The van der Waals surface area contributed by atoms with E-state index in [9.17, 15) is 4.79 Å². The van der Waals surface area contributed by atoms with E-state index in [-0.39, 0.29) is 29.0 Å². The minimum absolute atomic E-state index is 0.0470. The summed E-state index contributed by atoms with van der Waals surface area (Å²) in [5.74, 6) is 0.850. The number of Topliss-reactive ketones (excluding diaryl/α,β-unsaturated/α-hetero) is 1. The highest BCUT2D eigenvalue weighted by Gasteiger charge is 2.32. The Hall–Kier alpha value is -1.39. The molecule has 0 amide bonds. The summed E-state index contributed by atoms with van der Waals surface area (Å²) in [4.78, 5) is 16.2. The van der Waals surface area contributed by atoms with Gasteiger partial charge in [-0.05, 0) is 5.92 Å². The zero-order valence-electron chi connectivity index (χ0n) is 11.2. The maximum atomic E-state index is 12.3. The maximum absolute atomic E-state index is 12.3. The van der Waals surface area contributed by atoms with Crippen molar-refractivity contribution in [2.24, 2.45) is 17.3 Å². The number of nitrogens with zero attached hydrogens (tertiary/aromatic N) is 2. The zero-order valence-corrected chi connectivity index (χ0v) is 11.2. The van der Waals surface area contributed by atoms with Crippen LogP contribution in [0, 0.1) is 17.3 Å². The lowest BCUT2D eigenvalue weighted by atomic mass is 9.76. The Morgan fingerprint density at radius 3 is 2.35 bits per heavy atom. The lowest BCUT2D eigenvalue weighted by Gasteiger charge is -2.26. The third-order valence-corrected chi connectivity index (χ3v) is 2.77. The van der Waals surface area contributed by atoms with Crippen LogP contribution < -0.4 is 5.73 Å². The van der Waals surface area contributed by atoms with Crippen LogP contribution in [0.5, 0.6) is 0 Å². The second kappa shape index (κ2) is 4.85. The summed E-state index contributed by atoms with van der Waals surface area (Å²) in [6.07, 6.45) is 0.481. The molecule has 96 valence electrons. The third-order valence-electron chi connectivity index (χ3n) is 2.77. The van der Waals surface area contributed by atoms with Crippen molar-refractivity contribution in [2.45, 2.75) is 41.0 Å². The van der Waals surface area contributed by atoms with Crippen LogP contribution in [0.25, 0.3) is 0 Å². The Morgan fingerprint density at radius 1 is 1.41 bits per heavy atom. The number of nitrogen functional groups attached to an aromatic ring is 1. The minimum atomic E-state index is -0.357. The van der Waals surface area contributed by atoms with E-state index in [4.69, 9.17) is 10.3 Å². The number of rotatable bonds is 4. The van der Waals surface area contributed by atoms with Crippen LogP contribution >= 0.6 is 0 Å². The van der Waals surface area contributed by atoms with Crippen molar-refractivity contribution >= 4 is 11.8 Å². The van der Waals surface area contributed by atoms with Crippen LogP contribution in [0.1, 0.15) is 40.4 Å². The van der Waals surface area contributed by atoms with Crippen molar-refractivity contribution in [2.75, 3.05) is 5.73 Å². The summed E-state index contributed by atoms with van der Waals surface area (Å²) in [7, 11) is 0. The van der Waals surface area contributed by atoms with Crippen molar-refractivity contribution in [3.8, 4) is 0 Å². The fourth-order valence-corrected chi connectivity index (χ4v) is 1.73. The molecule has 1 aromatic heterocycles. The van der Waals surface area contributed by atoms with Gasteiger partial charge in [0, 0.05) is 17.8 Å². The quantitative estimate of drug-likeness (QED) is 0.869. The van der Waals surface area contributed by atoms with Gasteiger partial charge >= 0.3 is 6.01 Å². The van der Waals surface area contributed by atoms with Crippen molar-refractivity contribution in [1.82, 2.24) is 10.1 Å². The van der Waals surface area contributed by atoms with Crippen LogP contribution in [0.3, 0.4) is 0 Å². The van der Waals surface area contributed by atoms with E-state index in [1.807, 2.05) is 34.6 Å². The molecule has 1 rings (SSSR count). The lowest BCUT2D eigenvalue weighted by Crippen LogP contribution is -2.33. The molecule has 2 N–H and O–H groups in total. The molecule has 5 heteroatoms. The van der Waals surface area contributed by atoms with Gasteiger partial charge in [0.05, 0.1) is 0 Å². The number of hydrogen-bond donors (Lipinski definition) is 1. The summed E-state index contributed by atoms with van der Waals surface area (Å²) >= 11 is 0. The Bertz CT molecular complexity index is 391. The number of carbonyl (C=O) groups excluding carboxylic acids is 1. The highest BCUT2D eigenvalue weighted by molar-refractivity contribution is 5.86. The molecule has 0 fully saturated rings. The smallest absolute Gasteiger partial charge is 0.318 e. The molecule has 0 radical (unpaired) electrons. The largest absolute Gasteiger partial charge is 0.351 e. The standard InChI is InChI=1S/C12H21N3O2/c1-7(2)8(10(16)12(3,4)5)6-9-14-11(13)17-15-9/h7-8H,6H2,1-5H3,(H2,13,14,15)/t8-/m0/s1. The van der Waals surface area contributed by atoms with Gasteiger partial charge in [0.15, 0.2) is 5.82 Å². The topological polar surface area (TPSA) is 82.0 Å². The Morgan fingerprint density at radius 2 is 2.00 bits per heavy atom. The zero-order chi connectivity index (χ0) is 13.2. The molecule has 0 bridgehead atoms. The van der Waals surface area contributed by atoms with Gasteiger partial charge in [-0.15, -0.1) is 0 Å². The van der Waals surface area contributed by atoms with Gasteiger partial charge in [0.1, 0.15) is 5.78 Å². The molecule has 0 spiro atoms. The van der Waals surface area contributed by atoms with Gasteiger partial charge in [-0.3, -0.25) is 4.79 Å². The highest BCUT2D eigenvalue weighted by Crippen LogP contribution is 2.27. The first-order valence-corrected chi connectivity index (χ1v) is 5.84. The second-order valence-corrected chi connectivity index (χ2v) is 5.72. The van der Waals surface area contributed by atoms with Gasteiger partial charge in [0.25, 0.3) is 0 Å². The first kappa shape index (κ1) is 13.7.